The van der Waals surface area contributed by atoms with Gasteiger partial charge in [-0.2, -0.15) is 9.31 Å². The van der Waals surface area contributed by atoms with Crippen molar-refractivity contribution in [3.63, 3.8) is 0 Å². The van der Waals surface area contributed by atoms with Crippen molar-refractivity contribution in [3.05, 3.63) is 53.5 Å². The van der Waals surface area contributed by atoms with Gasteiger partial charge in [0.1, 0.15) is 16.2 Å². The highest BCUT2D eigenvalue weighted by Gasteiger charge is 2.50. The Labute approximate surface area is 179 Å². The van der Waals surface area contributed by atoms with Crippen molar-refractivity contribution < 1.29 is 27.2 Å². The van der Waals surface area contributed by atoms with Gasteiger partial charge in [-0.1, -0.05) is 30.3 Å². The van der Waals surface area contributed by atoms with Crippen LogP contribution in [0, 0.1) is 6.92 Å². The quantitative estimate of drug-likeness (QED) is 0.670. The second kappa shape index (κ2) is 7.50. The molecule has 2 aromatic rings. The largest absolute Gasteiger partial charge is 0.455 e. The molecule has 0 saturated carbocycles. The number of benzene rings is 1. The lowest BCUT2D eigenvalue weighted by molar-refractivity contribution is -0.132. The number of furan rings is 1. The molecule has 2 aliphatic heterocycles. The Hall–Kier alpha value is -3.18. The number of sulfonamides is 1. The van der Waals surface area contributed by atoms with E-state index in [1.54, 1.807) is 30.3 Å². The zero-order valence-electron chi connectivity index (χ0n) is 17.0. The van der Waals surface area contributed by atoms with Crippen LogP contribution in [-0.4, -0.2) is 48.7 Å². The summed E-state index contributed by atoms with van der Waals surface area (Å²) in [7, 11) is -3.79. The van der Waals surface area contributed by atoms with Gasteiger partial charge < -0.3 is 9.73 Å². The minimum atomic E-state index is -3.79. The minimum Gasteiger partial charge on any atom is -0.455 e. The third-order valence-electron chi connectivity index (χ3n) is 5.53. The molecule has 0 spiro atoms. The van der Waals surface area contributed by atoms with Crippen molar-refractivity contribution in [1.29, 1.82) is 0 Å². The Balaban J connectivity index is 1.55. The lowest BCUT2D eigenvalue weighted by Crippen LogP contribution is -2.47. The number of carbonyl (C=O) groups excluding carboxylic acids is 3. The van der Waals surface area contributed by atoms with Crippen LogP contribution in [0.3, 0.4) is 0 Å². The zero-order valence-corrected chi connectivity index (χ0v) is 17.9. The molecule has 164 valence electrons. The summed E-state index contributed by atoms with van der Waals surface area (Å²) in [6.07, 6.45) is 1.55. The molecule has 11 heteroatoms. The van der Waals surface area contributed by atoms with E-state index in [4.69, 9.17) is 4.42 Å². The number of aryl methyl sites for hydroxylation is 1. The van der Waals surface area contributed by atoms with E-state index in [0.717, 1.165) is 18.9 Å². The monoisotopic (exact) mass is 446 g/mol. The Morgan fingerprint density at radius 2 is 1.81 bits per heavy atom. The van der Waals surface area contributed by atoms with E-state index in [1.165, 1.54) is 18.2 Å². The Bertz CT molecular complexity index is 1150. The second-order valence-corrected chi connectivity index (χ2v) is 9.55. The molecule has 1 aromatic carbocycles. The third-order valence-corrected chi connectivity index (χ3v) is 7.54. The lowest BCUT2D eigenvalue weighted by Gasteiger charge is -2.21. The molecule has 2 N–H and O–H groups in total. The van der Waals surface area contributed by atoms with Crippen molar-refractivity contribution in [2.75, 3.05) is 13.1 Å². The molecule has 4 amide bonds. The molecule has 1 unspecified atom stereocenters. The van der Waals surface area contributed by atoms with Gasteiger partial charge in [0.25, 0.3) is 5.91 Å². The van der Waals surface area contributed by atoms with Crippen molar-refractivity contribution in [1.82, 2.24) is 20.1 Å². The van der Waals surface area contributed by atoms with Gasteiger partial charge in [0.2, 0.25) is 10.0 Å². The van der Waals surface area contributed by atoms with E-state index in [-0.39, 0.29) is 16.4 Å². The Morgan fingerprint density at radius 3 is 2.45 bits per heavy atom. The maximum atomic E-state index is 12.9. The molecular weight excluding hydrogens is 424 g/mol. The second-order valence-electron chi connectivity index (χ2n) is 7.64. The van der Waals surface area contributed by atoms with Crippen LogP contribution < -0.4 is 10.7 Å². The number of rotatable bonds is 5. The van der Waals surface area contributed by atoms with E-state index in [2.05, 4.69) is 10.7 Å². The molecule has 1 aromatic heterocycles. The third kappa shape index (κ3) is 3.49. The maximum Gasteiger partial charge on any atom is 0.344 e. The maximum absolute atomic E-state index is 12.9. The average molecular weight is 446 g/mol. The number of carbonyl (C=O) groups is 3. The van der Waals surface area contributed by atoms with Crippen molar-refractivity contribution in [2.45, 2.75) is 37.1 Å². The number of hydrogen-bond acceptors (Lipinski definition) is 6. The molecule has 3 heterocycles. The summed E-state index contributed by atoms with van der Waals surface area (Å²) in [5.41, 5.74) is 1.41. The van der Waals surface area contributed by atoms with E-state index in [0.29, 0.717) is 23.7 Å². The molecule has 1 atom stereocenters. The SMILES string of the molecule is Cc1oc(C(=O)NN2C(=O)NC(C)(c3ccccc3)C2=O)cc1S(=O)(=O)N1CCCC1. The van der Waals surface area contributed by atoms with E-state index in [1.807, 2.05) is 0 Å². The van der Waals surface area contributed by atoms with Gasteiger partial charge in [0, 0.05) is 19.2 Å². The van der Waals surface area contributed by atoms with Gasteiger partial charge in [-0.3, -0.25) is 9.59 Å². The van der Waals surface area contributed by atoms with Crippen molar-refractivity contribution >= 4 is 27.9 Å². The first kappa shape index (κ1) is 21.1. The predicted molar refractivity (Wildman–Crippen MR) is 108 cm³/mol. The fraction of sp³-hybridized carbons (Fsp3) is 0.350. The number of hydrogen-bond donors (Lipinski definition) is 2. The van der Waals surface area contributed by atoms with Gasteiger partial charge in [0.15, 0.2) is 5.76 Å². The Morgan fingerprint density at radius 1 is 1.16 bits per heavy atom. The molecule has 0 bridgehead atoms. The highest BCUT2D eigenvalue weighted by atomic mass is 32.2. The first-order chi connectivity index (χ1) is 14.6. The average Bonchev–Trinajstić information content (AvgIpc) is 3.46. The summed E-state index contributed by atoms with van der Waals surface area (Å²) in [4.78, 5) is 37.9. The smallest absolute Gasteiger partial charge is 0.344 e. The fourth-order valence-corrected chi connectivity index (χ4v) is 5.44. The van der Waals surface area contributed by atoms with Crippen LogP contribution in [-0.2, 0) is 20.4 Å². The van der Waals surface area contributed by atoms with Crippen LogP contribution in [0.2, 0.25) is 0 Å². The summed E-state index contributed by atoms with van der Waals surface area (Å²) in [6.45, 7) is 3.80. The molecule has 2 aliphatic rings. The lowest BCUT2D eigenvalue weighted by atomic mass is 9.92. The van der Waals surface area contributed by atoms with Gasteiger partial charge in [-0.25, -0.2) is 18.6 Å². The fourth-order valence-electron chi connectivity index (χ4n) is 3.77. The first-order valence-electron chi connectivity index (χ1n) is 9.78. The Kier molecular flexibility index (Phi) is 5.10. The van der Waals surface area contributed by atoms with Crippen LogP contribution in [0.5, 0.6) is 0 Å². The number of hydrazine groups is 1. The van der Waals surface area contributed by atoms with Crippen molar-refractivity contribution in [2.24, 2.45) is 0 Å². The van der Waals surface area contributed by atoms with Crippen LogP contribution in [0.4, 0.5) is 4.79 Å². The van der Waals surface area contributed by atoms with Gasteiger partial charge >= 0.3 is 11.9 Å². The van der Waals surface area contributed by atoms with Crippen LogP contribution in [0.25, 0.3) is 0 Å². The number of nitrogens with one attached hydrogen (secondary N) is 2. The summed E-state index contributed by atoms with van der Waals surface area (Å²) in [5.74, 6) is -1.84. The molecule has 4 rings (SSSR count). The van der Waals surface area contributed by atoms with E-state index in [9.17, 15) is 22.8 Å². The number of amides is 4. The summed E-state index contributed by atoms with van der Waals surface area (Å²) < 4.78 is 32.3. The summed E-state index contributed by atoms with van der Waals surface area (Å²) in [6, 6.07) is 8.93. The number of imide groups is 1. The molecule has 10 nitrogen and oxygen atoms in total. The zero-order chi connectivity index (χ0) is 22.4. The molecule has 2 fully saturated rings. The number of nitrogens with zero attached hydrogens (tertiary/aromatic N) is 2. The van der Waals surface area contributed by atoms with E-state index < -0.39 is 33.4 Å². The summed E-state index contributed by atoms with van der Waals surface area (Å²) in [5, 5.41) is 3.14. The molecule has 0 aliphatic carbocycles. The van der Waals surface area contributed by atoms with Gasteiger partial charge in [-0.05, 0) is 32.3 Å². The number of urea groups is 1. The molecule has 31 heavy (non-hydrogen) atoms. The summed E-state index contributed by atoms with van der Waals surface area (Å²) >= 11 is 0. The molecule has 2 saturated heterocycles. The van der Waals surface area contributed by atoms with Crippen LogP contribution in [0.15, 0.2) is 45.7 Å². The van der Waals surface area contributed by atoms with E-state index >= 15 is 0 Å². The highest BCUT2D eigenvalue weighted by molar-refractivity contribution is 7.89. The normalized spacial score (nSPS) is 22.1. The molecule has 0 radical (unpaired) electrons. The van der Waals surface area contributed by atoms with Crippen LogP contribution in [0.1, 0.15) is 41.6 Å². The topological polar surface area (TPSA) is 129 Å². The highest BCUT2D eigenvalue weighted by Crippen LogP contribution is 2.29. The van der Waals surface area contributed by atoms with Crippen molar-refractivity contribution in [3.8, 4) is 0 Å². The van der Waals surface area contributed by atoms with Crippen LogP contribution >= 0.6 is 0 Å². The van der Waals surface area contributed by atoms with Gasteiger partial charge in [0.05, 0.1) is 0 Å². The van der Waals surface area contributed by atoms with Gasteiger partial charge in [-0.15, -0.1) is 0 Å². The predicted octanol–water partition coefficient (Wildman–Crippen LogP) is 1.48. The first-order valence-corrected chi connectivity index (χ1v) is 11.2. The standard InChI is InChI=1S/C20H22N4O6S/c1-13-16(31(28,29)23-10-6-7-11-23)12-15(30-13)17(25)22-24-18(26)20(2,21-19(24)27)14-8-4-3-5-9-14/h3-5,8-9,12H,6-7,10-11H2,1-2H3,(H,21,27)(H,22,25). The minimum absolute atomic E-state index is 0.0587. The molecular formula is C20H22N4O6S.